The Morgan fingerprint density at radius 2 is 1.90 bits per heavy atom. The van der Waals surface area contributed by atoms with Crippen molar-refractivity contribution in [2.45, 2.75) is 57.8 Å². The maximum atomic E-state index is 12.1. The summed E-state index contributed by atoms with van der Waals surface area (Å²) in [6, 6.07) is 5.43. The van der Waals surface area contributed by atoms with Gasteiger partial charge >= 0.3 is 6.03 Å². The highest BCUT2D eigenvalue weighted by atomic mass is 16.2. The Morgan fingerprint density at radius 1 is 1.13 bits per heavy atom. The predicted molar refractivity (Wildman–Crippen MR) is 116 cm³/mol. The summed E-state index contributed by atoms with van der Waals surface area (Å²) < 4.78 is 1.74. The lowest BCUT2D eigenvalue weighted by molar-refractivity contribution is -0.120. The number of aryl methyl sites for hydroxylation is 1. The minimum atomic E-state index is -0.432. The van der Waals surface area contributed by atoms with Gasteiger partial charge in [0.05, 0.1) is 5.52 Å². The summed E-state index contributed by atoms with van der Waals surface area (Å²) >= 11 is 0. The van der Waals surface area contributed by atoms with Crippen LogP contribution in [0.25, 0.3) is 10.9 Å². The molecule has 30 heavy (non-hydrogen) atoms. The van der Waals surface area contributed by atoms with Gasteiger partial charge in [-0.25, -0.2) is 4.79 Å². The van der Waals surface area contributed by atoms with E-state index in [-0.39, 0.29) is 12.3 Å². The zero-order valence-electron chi connectivity index (χ0n) is 17.4. The number of nitrogens with one attached hydrogen (secondary N) is 1. The first kappa shape index (κ1) is 21.6. The smallest absolute Gasteiger partial charge is 0.303 e. The molecule has 2 aromatic rings. The second-order valence-electron chi connectivity index (χ2n) is 7.56. The highest BCUT2D eigenvalue weighted by molar-refractivity contribution is 6.08. The fourth-order valence-corrected chi connectivity index (χ4v) is 3.59. The number of carbonyl (C=O) groups is 3. The van der Waals surface area contributed by atoms with Crippen LogP contribution in [0.5, 0.6) is 0 Å². The molecule has 1 fully saturated rings. The molecule has 0 bridgehead atoms. The molecule has 1 aromatic heterocycles. The van der Waals surface area contributed by atoms with Gasteiger partial charge in [0.1, 0.15) is 6.29 Å². The second-order valence-corrected chi connectivity index (χ2v) is 7.56. The third-order valence-electron chi connectivity index (χ3n) is 5.25. The molecule has 0 unspecified atom stereocenters. The van der Waals surface area contributed by atoms with Crippen molar-refractivity contribution in [3.63, 3.8) is 0 Å². The molecular weight excluding hydrogens is 380 g/mol. The lowest BCUT2D eigenvalue weighted by atomic mass is 10.1. The van der Waals surface area contributed by atoms with E-state index in [1.54, 1.807) is 4.68 Å². The molecule has 0 aliphatic carbocycles. The Morgan fingerprint density at radius 3 is 2.67 bits per heavy atom. The van der Waals surface area contributed by atoms with E-state index in [0.29, 0.717) is 18.8 Å². The third-order valence-corrected chi connectivity index (χ3v) is 5.25. The van der Waals surface area contributed by atoms with Crippen LogP contribution < -0.4 is 10.2 Å². The number of urea groups is 1. The summed E-state index contributed by atoms with van der Waals surface area (Å²) in [5, 5.41) is 7.69. The molecule has 3 amide bonds. The van der Waals surface area contributed by atoms with Crippen LogP contribution in [0.4, 0.5) is 10.6 Å². The zero-order valence-corrected chi connectivity index (χ0v) is 17.4. The van der Waals surface area contributed by atoms with Crippen molar-refractivity contribution in [1.29, 1.82) is 0 Å². The molecule has 1 aliphatic rings. The minimum absolute atomic E-state index is 0.257. The SMILES string of the molecule is Cn1nc(N2CCC(=O)NC2=O)c2ccc(C#CCCCCCCCCC=O)cc21. The first-order valence-corrected chi connectivity index (χ1v) is 10.6. The summed E-state index contributed by atoms with van der Waals surface area (Å²) in [5.74, 6) is 6.76. The van der Waals surface area contributed by atoms with E-state index in [2.05, 4.69) is 22.3 Å². The largest absolute Gasteiger partial charge is 0.329 e. The maximum absolute atomic E-state index is 12.1. The highest BCUT2D eigenvalue weighted by Gasteiger charge is 2.27. The summed E-state index contributed by atoms with van der Waals surface area (Å²) in [7, 11) is 1.84. The van der Waals surface area contributed by atoms with Gasteiger partial charge in [0.2, 0.25) is 5.91 Å². The molecule has 0 atom stereocenters. The van der Waals surface area contributed by atoms with Gasteiger partial charge in [0, 0.05) is 43.8 Å². The number of rotatable bonds is 9. The fourth-order valence-electron chi connectivity index (χ4n) is 3.59. The molecule has 7 nitrogen and oxygen atoms in total. The van der Waals surface area contributed by atoms with Crippen LogP contribution in [0.3, 0.4) is 0 Å². The number of hydrogen-bond donors (Lipinski definition) is 1. The van der Waals surface area contributed by atoms with Crippen molar-refractivity contribution < 1.29 is 14.4 Å². The number of amides is 3. The lowest BCUT2D eigenvalue weighted by Gasteiger charge is -2.24. The Kier molecular flexibility index (Phi) is 7.61. The second kappa shape index (κ2) is 10.6. The van der Waals surface area contributed by atoms with Gasteiger partial charge in [0.15, 0.2) is 5.82 Å². The summed E-state index contributed by atoms with van der Waals surface area (Å²) in [5.41, 5.74) is 1.82. The number of anilines is 1. The number of imide groups is 1. The molecule has 1 saturated heterocycles. The molecule has 0 saturated carbocycles. The summed E-state index contributed by atoms with van der Waals surface area (Å²) in [6.45, 7) is 0.329. The standard InChI is InChI=1S/C23H28N4O3/c1-26-20-17-18(11-9-7-5-3-2-4-6-8-10-16-28)12-13-19(20)22(25-26)27-15-14-21(29)24-23(27)30/h12-13,16-17H,2-8,10,14-15H2,1H3,(H,24,29,30). The number of benzene rings is 1. The number of unbranched alkanes of at least 4 members (excludes halogenated alkanes) is 7. The molecule has 1 aliphatic heterocycles. The van der Waals surface area contributed by atoms with E-state index in [1.807, 2.05) is 25.2 Å². The first-order valence-electron chi connectivity index (χ1n) is 10.6. The minimum Gasteiger partial charge on any atom is -0.303 e. The zero-order chi connectivity index (χ0) is 21.3. The molecule has 158 valence electrons. The van der Waals surface area contributed by atoms with Crippen LogP contribution in [0.2, 0.25) is 0 Å². The van der Waals surface area contributed by atoms with Crippen molar-refractivity contribution in [3.05, 3.63) is 23.8 Å². The number of hydrogen-bond acceptors (Lipinski definition) is 4. The molecule has 0 spiro atoms. The summed E-state index contributed by atoms with van der Waals surface area (Å²) in [6.07, 6.45) is 9.57. The van der Waals surface area contributed by atoms with Gasteiger partial charge in [0.25, 0.3) is 0 Å². The molecule has 3 rings (SSSR count). The molecule has 0 radical (unpaired) electrons. The average Bonchev–Trinajstić information content (AvgIpc) is 3.05. The van der Waals surface area contributed by atoms with E-state index >= 15 is 0 Å². The monoisotopic (exact) mass is 408 g/mol. The Balaban J connectivity index is 1.56. The van der Waals surface area contributed by atoms with Crippen LogP contribution in [0.1, 0.15) is 63.4 Å². The van der Waals surface area contributed by atoms with E-state index in [0.717, 1.165) is 48.4 Å². The Hall–Kier alpha value is -3.14. The molecular formula is C23H28N4O3. The number of aldehydes is 1. The van der Waals surface area contributed by atoms with Crippen LogP contribution >= 0.6 is 0 Å². The van der Waals surface area contributed by atoms with Crippen molar-refractivity contribution in [1.82, 2.24) is 15.1 Å². The predicted octanol–water partition coefficient (Wildman–Crippen LogP) is 3.69. The van der Waals surface area contributed by atoms with Crippen molar-refractivity contribution in [2.75, 3.05) is 11.4 Å². The van der Waals surface area contributed by atoms with Gasteiger partial charge in [-0.15, -0.1) is 0 Å². The van der Waals surface area contributed by atoms with E-state index in [9.17, 15) is 14.4 Å². The Bertz CT molecular complexity index is 983. The van der Waals surface area contributed by atoms with Crippen molar-refractivity contribution in [3.8, 4) is 11.8 Å². The number of carbonyl (C=O) groups excluding carboxylic acids is 3. The van der Waals surface area contributed by atoms with Crippen LogP contribution in [-0.4, -0.2) is 34.5 Å². The van der Waals surface area contributed by atoms with Crippen LogP contribution in [0, 0.1) is 11.8 Å². The number of fused-ring (bicyclic) bond motifs is 1. The van der Waals surface area contributed by atoms with Gasteiger partial charge in [-0.05, 0) is 31.0 Å². The van der Waals surface area contributed by atoms with Crippen LogP contribution in [0.15, 0.2) is 18.2 Å². The molecule has 7 heteroatoms. The molecule has 1 aromatic carbocycles. The lowest BCUT2D eigenvalue weighted by Crippen LogP contribution is -2.49. The summed E-state index contributed by atoms with van der Waals surface area (Å²) in [4.78, 5) is 35.3. The van der Waals surface area contributed by atoms with E-state index in [4.69, 9.17) is 0 Å². The normalized spacial score (nSPS) is 13.8. The molecule has 1 N–H and O–H groups in total. The third kappa shape index (κ3) is 5.47. The highest BCUT2D eigenvalue weighted by Crippen LogP contribution is 2.27. The van der Waals surface area contributed by atoms with E-state index < -0.39 is 6.03 Å². The quantitative estimate of drug-likeness (QED) is 0.390. The maximum Gasteiger partial charge on any atom is 0.329 e. The fraction of sp³-hybridized carbons (Fsp3) is 0.478. The van der Waals surface area contributed by atoms with Gasteiger partial charge < -0.3 is 4.79 Å². The Labute approximate surface area is 176 Å². The first-order chi connectivity index (χ1) is 14.6. The number of nitrogens with zero attached hydrogens (tertiary/aromatic N) is 3. The van der Waals surface area contributed by atoms with Gasteiger partial charge in [-0.2, -0.15) is 5.10 Å². The van der Waals surface area contributed by atoms with E-state index in [1.165, 1.54) is 24.2 Å². The van der Waals surface area contributed by atoms with Gasteiger partial charge in [-0.3, -0.25) is 19.7 Å². The van der Waals surface area contributed by atoms with Crippen molar-refractivity contribution >= 4 is 34.9 Å². The van der Waals surface area contributed by atoms with Crippen molar-refractivity contribution in [2.24, 2.45) is 7.05 Å². The number of aromatic nitrogens is 2. The topological polar surface area (TPSA) is 84.3 Å². The van der Waals surface area contributed by atoms with Crippen LogP contribution in [-0.2, 0) is 16.6 Å². The average molecular weight is 409 g/mol. The van der Waals surface area contributed by atoms with Gasteiger partial charge in [-0.1, -0.05) is 37.5 Å². The molecule has 2 heterocycles.